The van der Waals surface area contributed by atoms with Gasteiger partial charge in [-0.15, -0.1) is 0 Å². The third-order valence-electron chi connectivity index (χ3n) is 4.47. The molecule has 1 heterocycles. The number of aliphatic carboxylic acids is 1. The van der Waals surface area contributed by atoms with E-state index in [0.29, 0.717) is 16.5 Å². The lowest BCUT2D eigenvalue weighted by atomic mass is 9.98. The van der Waals surface area contributed by atoms with Gasteiger partial charge in [-0.3, -0.25) is 9.59 Å². The molecule has 6 nitrogen and oxygen atoms in total. The number of hydrogen-bond acceptors (Lipinski definition) is 4. The summed E-state index contributed by atoms with van der Waals surface area (Å²) in [5.41, 5.74) is 2.37. The minimum Gasteiger partial charge on any atom is -0.497 e. The van der Waals surface area contributed by atoms with Gasteiger partial charge in [0.15, 0.2) is 0 Å². The van der Waals surface area contributed by atoms with E-state index in [1.54, 1.807) is 25.3 Å². The fourth-order valence-electron chi connectivity index (χ4n) is 3.01. The summed E-state index contributed by atoms with van der Waals surface area (Å²) < 4.78 is 5.17. The highest BCUT2D eigenvalue weighted by Gasteiger charge is 2.33. The van der Waals surface area contributed by atoms with Crippen LogP contribution in [-0.4, -0.2) is 34.8 Å². The zero-order valence-corrected chi connectivity index (χ0v) is 16.6. The molecule has 1 N–H and O–H groups in total. The lowest BCUT2D eigenvalue weighted by Crippen LogP contribution is -2.27. The van der Waals surface area contributed by atoms with E-state index in [-0.39, 0.29) is 24.8 Å². The second-order valence-electron chi connectivity index (χ2n) is 6.30. The molecular formula is C20H18Cl2N2O4. The Kier molecular flexibility index (Phi) is 6.21. The van der Waals surface area contributed by atoms with Crippen molar-refractivity contribution in [2.75, 3.05) is 7.11 Å². The summed E-state index contributed by atoms with van der Waals surface area (Å²) in [5.74, 6) is -0.669. The number of methoxy groups -OCH3 is 1. The molecule has 1 atom stereocenters. The van der Waals surface area contributed by atoms with Crippen molar-refractivity contribution < 1.29 is 19.4 Å². The number of nitrogens with zero attached hydrogens (tertiary/aromatic N) is 2. The van der Waals surface area contributed by atoms with Gasteiger partial charge in [-0.05, 0) is 47.5 Å². The summed E-state index contributed by atoms with van der Waals surface area (Å²) in [7, 11) is 1.59. The Balaban J connectivity index is 1.92. The first-order chi connectivity index (χ1) is 13.4. The Morgan fingerprint density at radius 1 is 1.14 bits per heavy atom. The topological polar surface area (TPSA) is 79.2 Å². The number of carbonyl (C=O) groups excluding carboxylic acids is 1. The van der Waals surface area contributed by atoms with Crippen molar-refractivity contribution in [3.63, 3.8) is 0 Å². The van der Waals surface area contributed by atoms with Gasteiger partial charge >= 0.3 is 5.97 Å². The molecule has 1 aliphatic rings. The predicted octanol–water partition coefficient (Wildman–Crippen LogP) is 4.54. The average Bonchev–Trinajstić information content (AvgIpc) is 3.13. The van der Waals surface area contributed by atoms with Gasteiger partial charge in [0.05, 0.1) is 35.3 Å². The van der Waals surface area contributed by atoms with Crippen LogP contribution in [0.3, 0.4) is 0 Å². The number of ether oxygens (including phenoxy) is 1. The number of halogens is 2. The summed E-state index contributed by atoms with van der Waals surface area (Å²) in [4.78, 5) is 23.5. The van der Waals surface area contributed by atoms with Gasteiger partial charge in [-0.1, -0.05) is 29.3 Å². The number of amides is 1. The summed E-state index contributed by atoms with van der Waals surface area (Å²) in [6.07, 6.45) is 0.0897. The van der Waals surface area contributed by atoms with E-state index in [1.165, 1.54) is 5.01 Å². The molecule has 2 aromatic rings. The maximum Gasteiger partial charge on any atom is 0.303 e. The van der Waals surface area contributed by atoms with E-state index >= 15 is 0 Å². The maximum absolute atomic E-state index is 12.6. The first-order valence-corrected chi connectivity index (χ1v) is 9.35. The Labute approximate surface area is 172 Å². The number of carbonyl (C=O) groups is 2. The highest BCUT2D eigenvalue weighted by atomic mass is 35.5. The van der Waals surface area contributed by atoms with Crippen molar-refractivity contribution in [2.45, 2.75) is 25.3 Å². The third-order valence-corrected chi connectivity index (χ3v) is 5.21. The number of hydrogen-bond donors (Lipinski definition) is 1. The van der Waals surface area contributed by atoms with Crippen LogP contribution in [0.15, 0.2) is 47.6 Å². The van der Waals surface area contributed by atoms with Crippen molar-refractivity contribution in [1.82, 2.24) is 5.01 Å². The smallest absolute Gasteiger partial charge is 0.303 e. The number of carboxylic acid groups (broad SMARTS) is 1. The highest BCUT2D eigenvalue weighted by Crippen LogP contribution is 2.36. The molecule has 146 valence electrons. The first-order valence-electron chi connectivity index (χ1n) is 8.59. The number of rotatable bonds is 6. The average molecular weight is 421 g/mol. The second-order valence-corrected chi connectivity index (χ2v) is 7.12. The van der Waals surface area contributed by atoms with Crippen molar-refractivity contribution in [3.8, 4) is 5.75 Å². The number of hydrazone groups is 1. The van der Waals surface area contributed by atoms with Gasteiger partial charge in [0, 0.05) is 12.8 Å². The molecule has 0 fully saturated rings. The minimum atomic E-state index is -1.03. The van der Waals surface area contributed by atoms with Gasteiger partial charge < -0.3 is 9.84 Å². The van der Waals surface area contributed by atoms with E-state index in [2.05, 4.69) is 5.10 Å². The molecule has 1 amide bonds. The lowest BCUT2D eigenvalue weighted by Gasteiger charge is -2.22. The predicted molar refractivity (Wildman–Crippen MR) is 107 cm³/mol. The zero-order chi connectivity index (χ0) is 20.3. The Morgan fingerprint density at radius 2 is 1.86 bits per heavy atom. The third kappa shape index (κ3) is 4.46. The summed E-state index contributed by atoms with van der Waals surface area (Å²) >= 11 is 12.2. The molecule has 2 aromatic carbocycles. The molecule has 28 heavy (non-hydrogen) atoms. The SMILES string of the molecule is COc1ccc(C2=NN(C(=O)CCC(=O)O)[C@H](c3ccc(Cl)c(Cl)c3)C2)cc1. The fraction of sp³-hybridized carbons (Fsp3) is 0.250. The van der Waals surface area contributed by atoms with E-state index in [4.69, 9.17) is 33.0 Å². The van der Waals surface area contributed by atoms with E-state index in [1.807, 2.05) is 24.3 Å². The van der Waals surface area contributed by atoms with Crippen LogP contribution in [0, 0.1) is 0 Å². The fourth-order valence-corrected chi connectivity index (χ4v) is 3.31. The molecule has 0 bridgehead atoms. The molecule has 0 saturated carbocycles. The van der Waals surface area contributed by atoms with Crippen molar-refractivity contribution in [1.29, 1.82) is 0 Å². The Morgan fingerprint density at radius 3 is 2.46 bits per heavy atom. The van der Waals surface area contributed by atoms with Crippen LogP contribution in [0.4, 0.5) is 0 Å². The van der Waals surface area contributed by atoms with Gasteiger partial charge in [0.25, 0.3) is 0 Å². The summed E-state index contributed by atoms with van der Waals surface area (Å²) in [5, 5.41) is 15.5. The largest absolute Gasteiger partial charge is 0.497 e. The standard InChI is InChI=1S/C20H18Cl2N2O4/c1-28-14-5-2-12(3-6-14)17-11-18(13-4-7-15(21)16(22)10-13)24(23-17)19(25)8-9-20(26)27/h2-7,10,18H,8-9,11H2,1H3,(H,26,27)/t18-/m0/s1. The lowest BCUT2D eigenvalue weighted by molar-refractivity contribution is -0.141. The highest BCUT2D eigenvalue weighted by molar-refractivity contribution is 6.42. The second kappa shape index (κ2) is 8.63. The molecule has 3 rings (SSSR count). The molecule has 1 aliphatic heterocycles. The molecule has 0 aromatic heterocycles. The van der Waals surface area contributed by atoms with E-state index in [0.717, 1.165) is 22.6 Å². The van der Waals surface area contributed by atoms with Crippen LogP contribution in [-0.2, 0) is 9.59 Å². The van der Waals surface area contributed by atoms with Crippen LogP contribution in [0.5, 0.6) is 5.75 Å². The van der Waals surface area contributed by atoms with Crippen LogP contribution in [0.25, 0.3) is 0 Å². The molecular weight excluding hydrogens is 403 g/mol. The van der Waals surface area contributed by atoms with Gasteiger partial charge in [0.1, 0.15) is 5.75 Å². The molecule has 0 saturated heterocycles. The van der Waals surface area contributed by atoms with Crippen LogP contribution in [0.2, 0.25) is 10.0 Å². The molecule has 0 spiro atoms. The minimum absolute atomic E-state index is 0.132. The quantitative estimate of drug-likeness (QED) is 0.743. The van der Waals surface area contributed by atoms with E-state index < -0.39 is 5.97 Å². The van der Waals surface area contributed by atoms with Crippen molar-refractivity contribution >= 4 is 40.8 Å². The Hall–Kier alpha value is -2.57. The number of benzene rings is 2. The van der Waals surface area contributed by atoms with Crippen molar-refractivity contribution in [2.24, 2.45) is 5.10 Å². The molecule has 0 aliphatic carbocycles. The van der Waals surface area contributed by atoms with Gasteiger partial charge in [-0.2, -0.15) is 5.10 Å². The first kappa shape index (κ1) is 20.2. The van der Waals surface area contributed by atoms with Gasteiger partial charge in [0.2, 0.25) is 5.91 Å². The van der Waals surface area contributed by atoms with Gasteiger partial charge in [-0.25, -0.2) is 5.01 Å². The Bertz CT molecular complexity index is 928. The molecule has 8 heteroatoms. The normalized spacial score (nSPS) is 16.0. The zero-order valence-electron chi connectivity index (χ0n) is 15.1. The van der Waals surface area contributed by atoms with Crippen molar-refractivity contribution in [3.05, 3.63) is 63.6 Å². The summed E-state index contributed by atoms with van der Waals surface area (Å²) in [6, 6.07) is 12.2. The number of carboxylic acids is 1. The molecule has 0 radical (unpaired) electrons. The van der Waals surface area contributed by atoms with E-state index in [9.17, 15) is 9.59 Å². The van der Waals surface area contributed by atoms with Crippen LogP contribution >= 0.6 is 23.2 Å². The molecule has 0 unspecified atom stereocenters. The summed E-state index contributed by atoms with van der Waals surface area (Å²) in [6.45, 7) is 0. The van der Waals surface area contributed by atoms with Crippen LogP contribution in [0.1, 0.15) is 36.4 Å². The monoisotopic (exact) mass is 420 g/mol. The maximum atomic E-state index is 12.6. The van der Waals surface area contributed by atoms with Crippen LogP contribution < -0.4 is 4.74 Å².